The Labute approximate surface area is 129 Å². The average molecular weight is 327 g/mol. The van der Waals surface area contributed by atoms with Gasteiger partial charge in [-0.2, -0.15) is 0 Å². The van der Waals surface area contributed by atoms with E-state index in [-0.39, 0.29) is 16.6 Å². The maximum absolute atomic E-state index is 12.2. The molecule has 2 rings (SSSR count). The lowest BCUT2D eigenvalue weighted by Crippen LogP contribution is -2.50. The smallest absolute Gasteiger partial charge is 0.238 e. The van der Waals surface area contributed by atoms with Crippen molar-refractivity contribution in [2.45, 2.75) is 24.6 Å². The largest absolute Gasteiger partial charge is 0.389 e. The van der Waals surface area contributed by atoms with Crippen molar-refractivity contribution in [3.63, 3.8) is 0 Å². The third kappa shape index (κ3) is 4.23. The van der Waals surface area contributed by atoms with E-state index in [0.717, 1.165) is 6.42 Å². The van der Waals surface area contributed by atoms with Crippen molar-refractivity contribution in [3.05, 3.63) is 35.4 Å². The van der Waals surface area contributed by atoms with Gasteiger partial charge in [-0.05, 0) is 18.4 Å². The molecule has 1 heterocycles. The number of rotatable bonds is 5. The summed E-state index contributed by atoms with van der Waals surface area (Å²) >= 11 is 4.92. The van der Waals surface area contributed by atoms with Gasteiger partial charge in [0.25, 0.3) is 0 Å². The van der Waals surface area contributed by atoms with E-state index in [2.05, 4.69) is 10.0 Å². The lowest BCUT2D eigenvalue weighted by molar-refractivity contribution is -0.124. The highest BCUT2D eigenvalue weighted by atomic mass is 32.2. The second kappa shape index (κ2) is 6.50. The number of carbonyl (C=O) groups excluding carboxylic acids is 1. The van der Waals surface area contributed by atoms with E-state index in [4.69, 9.17) is 18.0 Å². The van der Waals surface area contributed by atoms with Gasteiger partial charge < -0.3 is 11.1 Å². The Hall–Kier alpha value is -1.51. The van der Waals surface area contributed by atoms with Crippen LogP contribution in [0.1, 0.15) is 24.0 Å². The predicted octanol–water partition coefficient (Wildman–Crippen LogP) is 0.0188. The minimum absolute atomic E-state index is 0.149. The number of thiocarbonyl (C=S) groups is 1. The second-order valence-electron chi connectivity index (χ2n) is 4.88. The van der Waals surface area contributed by atoms with Gasteiger partial charge in [-0.25, -0.2) is 13.1 Å². The van der Waals surface area contributed by atoms with Gasteiger partial charge >= 0.3 is 0 Å². The number of benzene rings is 1. The Morgan fingerprint density at radius 1 is 1.43 bits per heavy atom. The van der Waals surface area contributed by atoms with Crippen LogP contribution in [0.15, 0.2) is 24.3 Å². The van der Waals surface area contributed by atoms with Gasteiger partial charge in [0.2, 0.25) is 15.9 Å². The lowest BCUT2D eigenvalue weighted by Gasteiger charge is -2.22. The third-order valence-electron chi connectivity index (χ3n) is 3.24. The molecule has 1 aliphatic heterocycles. The molecule has 0 bridgehead atoms. The predicted molar refractivity (Wildman–Crippen MR) is 84.1 cm³/mol. The van der Waals surface area contributed by atoms with Gasteiger partial charge in [0, 0.05) is 12.1 Å². The maximum atomic E-state index is 12.2. The van der Waals surface area contributed by atoms with Gasteiger partial charge in [-0.3, -0.25) is 4.79 Å². The zero-order valence-electron chi connectivity index (χ0n) is 11.3. The normalized spacial score (nSPS) is 19.0. The van der Waals surface area contributed by atoms with E-state index in [1.807, 2.05) is 0 Å². The molecule has 1 aromatic carbocycles. The molecule has 1 aromatic rings. The highest BCUT2D eigenvalue weighted by Crippen LogP contribution is 2.13. The first-order chi connectivity index (χ1) is 9.89. The minimum Gasteiger partial charge on any atom is -0.389 e. The lowest BCUT2D eigenvalue weighted by atomic mass is 10.1. The Morgan fingerprint density at radius 3 is 2.81 bits per heavy atom. The zero-order chi connectivity index (χ0) is 15.5. The standard InChI is InChI=1S/C13H17N3O3S2/c14-12(20)10-5-2-1-4-9(10)8-21(18,19)16-11-6-3-7-15-13(11)17/h1-2,4-5,11,16H,3,6-8H2,(H2,14,20)(H,15,17). The SMILES string of the molecule is NC(=S)c1ccccc1CS(=O)(=O)NC1CCCNC1=O. The van der Waals surface area contributed by atoms with Crippen LogP contribution in [0, 0.1) is 0 Å². The molecule has 1 atom stereocenters. The fourth-order valence-corrected chi connectivity index (χ4v) is 3.84. The molecule has 0 radical (unpaired) electrons. The van der Waals surface area contributed by atoms with Crippen LogP contribution in [-0.4, -0.2) is 31.9 Å². The summed E-state index contributed by atoms with van der Waals surface area (Å²) in [5, 5.41) is 2.64. The summed E-state index contributed by atoms with van der Waals surface area (Å²) in [4.78, 5) is 11.8. The second-order valence-corrected chi connectivity index (χ2v) is 7.08. The summed E-state index contributed by atoms with van der Waals surface area (Å²) in [6.07, 6.45) is 1.25. The van der Waals surface area contributed by atoms with E-state index in [1.54, 1.807) is 24.3 Å². The van der Waals surface area contributed by atoms with Gasteiger partial charge in [0.1, 0.15) is 11.0 Å². The molecule has 1 unspecified atom stereocenters. The van der Waals surface area contributed by atoms with Gasteiger partial charge in [0.05, 0.1) is 5.75 Å². The van der Waals surface area contributed by atoms with Crippen molar-refractivity contribution in [2.24, 2.45) is 5.73 Å². The van der Waals surface area contributed by atoms with Crippen LogP contribution >= 0.6 is 12.2 Å². The van der Waals surface area contributed by atoms with E-state index >= 15 is 0 Å². The first kappa shape index (κ1) is 15.9. The molecule has 0 aromatic heterocycles. The van der Waals surface area contributed by atoms with Crippen LogP contribution in [0.5, 0.6) is 0 Å². The molecule has 1 amide bonds. The zero-order valence-corrected chi connectivity index (χ0v) is 13.0. The van der Waals surface area contributed by atoms with Crippen LogP contribution in [0.4, 0.5) is 0 Å². The number of nitrogens with two attached hydrogens (primary N) is 1. The Morgan fingerprint density at radius 2 is 2.14 bits per heavy atom. The number of nitrogens with one attached hydrogen (secondary N) is 2. The van der Waals surface area contributed by atoms with Crippen LogP contribution in [-0.2, 0) is 20.6 Å². The van der Waals surface area contributed by atoms with Gasteiger partial charge in [-0.15, -0.1) is 0 Å². The molecule has 1 saturated heterocycles. The van der Waals surface area contributed by atoms with E-state index in [1.165, 1.54) is 0 Å². The molecule has 1 fully saturated rings. The van der Waals surface area contributed by atoms with Gasteiger partial charge in [0.15, 0.2) is 0 Å². The minimum atomic E-state index is -3.65. The fourth-order valence-electron chi connectivity index (χ4n) is 2.23. The Kier molecular flexibility index (Phi) is 4.92. The van der Waals surface area contributed by atoms with Crippen LogP contribution in [0.3, 0.4) is 0 Å². The Bertz CT molecular complexity index is 658. The summed E-state index contributed by atoms with van der Waals surface area (Å²) in [5.74, 6) is -0.544. The molecule has 21 heavy (non-hydrogen) atoms. The summed E-state index contributed by atoms with van der Waals surface area (Å²) in [6.45, 7) is 0.585. The molecule has 8 heteroatoms. The van der Waals surface area contributed by atoms with Crippen molar-refractivity contribution >= 4 is 33.1 Å². The molecule has 6 nitrogen and oxygen atoms in total. The van der Waals surface area contributed by atoms with Crippen molar-refractivity contribution in [1.82, 2.24) is 10.0 Å². The highest BCUT2D eigenvalue weighted by molar-refractivity contribution is 7.88. The van der Waals surface area contributed by atoms with Crippen LogP contribution in [0.25, 0.3) is 0 Å². The number of sulfonamides is 1. The van der Waals surface area contributed by atoms with E-state index in [9.17, 15) is 13.2 Å². The monoisotopic (exact) mass is 327 g/mol. The van der Waals surface area contributed by atoms with Crippen LogP contribution < -0.4 is 15.8 Å². The molecule has 4 N–H and O–H groups in total. The first-order valence-electron chi connectivity index (χ1n) is 6.54. The van der Waals surface area contributed by atoms with Crippen LogP contribution in [0.2, 0.25) is 0 Å². The van der Waals surface area contributed by atoms with Crippen molar-refractivity contribution in [3.8, 4) is 0 Å². The first-order valence-corrected chi connectivity index (χ1v) is 8.60. The highest BCUT2D eigenvalue weighted by Gasteiger charge is 2.27. The van der Waals surface area contributed by atoms with Crippen molar-refractivity contribution in [2.75, 3.05) is 6.54 Å². The Balaban J connectivity index is 2.14. The molecule has 0 spiro atoms. The summed E-state index contributed by atoms with van der Waals surface area (Å²) < 4.78 is 26.9. The molecular formula is C13H17N3O3S2. The maximum Gasteiger partial charge on any atom is 0.238 e. The third-order valence-corrected chi connectivity index (χ3v) is 4.79. The molecule has 114 valence electrons. The molecule has 1 aliphatic rings. The molecule has 0 aliphatic carbocycles. The number of hydrogen-bond acceptors (Lipinski definition) is 4. The number of carbonyl (C=O) groups is 1. The number of piperidine rings is 1. The number of amides is 1. The summed E-state index contributed by atoms with van der Waals surface area (Å²) in [5.41, 5.74) is 6.65. The molecular weight excluding hydrogens is 310 g/mol. The number of hydrogen-bond donors (Lipinski definition) is 3. The fraction of sp³-hybridized carbons (Fsp3) is 0.385. The van der Waals surface area contributed by atoms with Gasteiger partial charge in [-0.1, -0.05) is 36.5 Å². The van der Waals surface area contributed by atoms with E-state index in [0.29, 0.717) is 24.1 Å². The van der Waals surface area contributed by atoms with Crippen molar-refractivity contribution < 1.29 is 13.2 Å². The quantitative estimate of drug-likeness (QED) is 0.662. The van der Waals surface area contributed by atoms with Crippen molar-refractivity contribution in [1.29, 1.82) is 0 Å². The summed E-state index contributed by atoms with van der Waals surface area (Å²) in [6, 6.07) is 6.10. The topological polar surface area (TPSA) is 101 Å². The van der Waals surface area contributed by atoms with E-state index < -0.39 is 16.1 Å². The average Bonchev–Trinajstić information content (AvgIpc) is 2.41. The molecule has 0 saturated carbocycles. The summed E-state index contributed by atoms with van der Waals surface area (Å²) in [7, 11) is -3.65.